The van der Waals surface area contributed by atoms with E-state index >= 15 is 0 Å². The predicted molar refractivity (Wildman–Crippen MR) is 206 cm³/mol. The van der Waals surface area contributed by atoms with Crippen LogP contribution >= 0.6 is 11.3 Å². The first kappa shape index (κ1) is 38.7. The molecule has 4 atom stereocenters. The van der Waals surface area contributed by atoms with Crippen LogP contribution in [0.15, 0.2) is 69.8 Å². The summed E-state index contributed by atoms with van der Waals surface area (Å²) < 4.78 is 41.7. The van der Waals surface area contributed by atoms with Crippen molar-refractivity contribution in [3.63, 3.8) is 0 Å². The second kappa shape index (κ2) is 16.1. The lowest BCUT2D eigenvalue weighted by molar-refractivity contribution is -0.0732. The van der Waals surface area contributed by atoms with Gasteiger partial charge in [0, 0.05) is 41.6 Å². The van der Waals surface area contributed by atoms with Crippen LogP contribution in [0.4, 0.5) is 0 Å². The summed E-state index contributed by atoms with van der Waals surface area (Å²) in [7, 11) is -0.897. The number of ketones is 1. The standard InChI is InChI=1S/C42H55NO7S2/c1-29-10-8-21-41(2)37(35-19-15-30(24-33(44)17-14-29)25-36(35)40(45)31-11-6-5-7-12-31)20-22-42(41,46)28-43(52(47,48)39-13-9-23-51-39)27-32-16-18-34(49-3)26-38(32)50-4/h9-10,13,15-16,18-19,23,25-26,31,33,37,44,46H,5-8,11-12,14,17,20-22,24,27-28H2,1-4H3/t33-,37-,41-,42+/m0/s1. The maximum atomic E-state index is 14.5. The fourth-order valence-corrected chi connectivity index (χ4v) is 11.6. The number of Topliss-reactive ketones (excluding diaryl/α,β-unsaturated/α-hetero) is 1. The first-order valence-corrected chi connectivity index (χ1v) is 21.2. The molecular weight excluding hydrogens is 695 g/mol. The fraction of sp³-hybridized carbons (Fsp3) is 0.548. The molecule has 7 rings (SSSR count). The molecule has 4 aliphatic carbocycles. The van der Waals surface area contributed by atoms with Crippen LogP contribution in [0.1, 0.15) is 117 Å². The number of hydrogen-bond donors (Lipinski definition) is 2. The van der Waals surface area contributed by atoms with E-state index in [0.717, 1.165) is 61.0 Å². The van der Waals surface area contributed by atoms with E-state index in [9.17, 15) is 23.4 Å². The number of aliphatic hydroxyl groups excluding tert-OH is 1. The quantitative estimate of drug-likeness (QED) is 0.158. The molecule has 8 nitrogen and oxygen atoms in total. The Balaban J connectivity index is 1.45. The van der Waals surface area contributed by atoms with Crippen LogP contribution < -0.4 is 9.47 Å². The Morgan fingerprint density at radius 3 is 2.50 bits per heavy atom. The van der Waals surface area contributed by atoms with Crippen LogP contribution in [0, 0.1) is 11.3 Å². The molecule has 2 N–H and O–H groups in total. The number of fused-ring (bicyclic) bond motifs is 8. The highest BCUT2D eigenvalue weighted by atomic mass is 32.2. The number of allylic oxidation sites excluding steroid dienone is 2. The number of carbonyl (C=O) groups is 1. The lowest BCUT2D eigenvalue weighted by atomic mass is 9.64. The van der Waals surface area contributed by atoms with Gasteiger partial charge in [0.05, 0.1) is 25.9 Å². The molecule has 10 heteroatoms. The van der Waals surface area contributed by atoms with E-state index in [1.54, 1.807) is 43.9 Å². The summed E-state index contributed by atoms with van der Waals surface area (Å²) in [5.74, 6) is 1.05. The SMILES string of the molecule is COc1ccc(CN(C[C@]2(O)CC[C@H]3c4ccc(cc4C(=O)C4CCCCC4)C[C@@H](O)CCC(C)=CCC[C@@]32C)S(=O)(=O)c2cccs2)c(OC)c1. The molecule has 0 radical (unpaired) electrons. The van der Waals surface area contributed by atoms with Gasteiger partial charge in [0.2, 0.25) is 0 Å². The van der Waals surface area contributed by atoms with Gasteiger partial charge in [-0.05, 0) is 105 Å². The van der Waals surface area contributed by atoms with E-state index in [-0.39, 0.29) is 34.9 Å². The van der Waals surface area contributed by atoms with E-state index in [1.807, 2.05) is 18.2 Å². The van der Waals surface area contributed by atoms with Crippen molar-refractivity contribution in [3.8, 4) is 11.5 Å². The Labute approximate surface area is 313 Å². The van der Waals surface area contributed by atoms with Crippen LogP contribution in [0.25, 0.3) is 0 Å². The lowest BCUT2D eigenvalue weighted by Gasteiger charge is -2.46. The number of thiophene rings is 1. The highest BCUT2D eigenvalue weighted by Crippen LogP contribution is 2.59. The number of carbonyl (C=O) groups excluding carboxylic acids is 1. The molecule has 0 amide bonds. The first-order chi connectivity index (χ1) is 24.9. The second-order valence-corrected chi connectivity index (χ2v) is 18.6. The molecule has 4 aliphatic rings. The van der Waals surface area contributed by atoms with Crippen molar-refractivity contribution in [2.24, 2.45) is 11.3 Å². The molecule has 0 saturated heterocycles. The molecule has 2 bridgehead atoms. The van der Waals surface area contributed by atoms with Crippen molar-refractivity contribution in [2.75, 3.05) is 20.8 Å². The number of ether oxygens (including phenoxy) is 2. The van der Waals surface area contributed by atoms with Gasteiger partial charge in [-0.15, -0.1) is 11.3 Å². The number of aliphatic hydroxyl groups is 2. The minimum absolute atomic E-state index is 0.00208. The van der Waals surface area contributed by atoms with E-state index in [4.69, 9.17) is 9.47 Å². The Bertz CT molecular complexity index is 1850. The summed E-state index contributed by atoms with van der Waals surface area (Å²) in [5, 5.41) is 25.8. The van der Waals surface area contributed by atoms with Gasteiger partial charge in [-0.2, -0.15) is 4.31 Å². The van der Waals surface area contributed by atoms with E-state index in [0.29, 0.717) is 61.2 Å². The summed E-state index contributed by atoms with van der Waals surface area (Å²) in [4.78, 5) is 14.4. The minimum Gasteiger partial charge on any atom is -0.497 e. The number of benzene rings is 2. The van der Waals surface area contributed by atoms with E-state index in [1.165, 1.54) is 9.88 Å². The third kappa shape index (κ3) is 7.92. The van der Waals surface area contributed by atoms with Crippen molar-refractivity contribution in [2.45, 2.75) is 119 Å². The average Bonchev–Trinajstić information content (AvgIpc) is 3.78. The monoisotopic (exact) mass is 749 g/mol. The van der Waals surface area contributed by atoms with Gasteiger partial charge < -0.3 is 19.7 Å². The Morgan fingerprint density at radius 2 is 1.79 bits per heavy atom. The third-order valence-electron chi connectivity index (χ3n) is 12.3. The van der Waals surface area contributed by atoms with Crippen LogP contribution in [0.5, 0.6) is 11.5 Å². The van der Waals surface area contributed by atoms with Crippen molar-refractivity contribution in [3.05, 3.63) is 87.8 Å². The Kier molecular flexibility index (Phi) is 12.0. The number of nitrogens with zero attached hydrogens (tertiary/aromatic N) is 1. The molecular formula is C42H55NO7S2. The van der Waals surface area contributed by atoms with Gasteiger partial charge in [-0.1, -0.05) is 62.1 Å². The van der Waals surface area contributed by atoms with Crippen molar-refractivity contribution in [1.29, 1.82) is 0 Å². The van der Waals surface area contributed by atoms with E-state index < -0.39 is 27.1 Å². The van der Waals surface area contributed by atoms with Crippen molar-refractivity contribution < 1.29 is 32.9 Å². The second-order valence-electron chi connectivity index (χ2n) is 15.5. The molecule has 2 fully saturated rings. The molecule has 1 aromatic heterocycles. The smallest absolute Gasteiger partial charge is 0.252 e. The van der Waals surface area contributed by atoms with Gasteiger partial charge in [0.15, 0.2) is 5.78 Å². The molecule has 0 unspecified atom stereocenters. The number of rotatable bonds is 10. The van der Waals surface area contributed by atoms with Gasteiger partial charge >= 0.3 is 0 Å². The summed E-state index contributed by atoms with van der Waals surface area (Å²) >= 11 is 1.16. The molecule has 282 valence electrons. The Hall–Kier alpha value is -3.02. The minimum atomic E-state index is -4.02. The Morgan fingerprint density at radius 1 is 1.00 bits per heavy atom. The van der Waals surface area contributed by atoms with E-state index in [2.05, 4.69) is 26.0 Å². The average molecular weight is 750 g/mol. The topological polar surface area (TPSA) is 113 Å². The normalized spacial score (nSPS) is 26.1. The van der Waals surface area contributed by atoms with Gasteiger partial charge in [0.25, 0.3) is 10.0 Å². The molecule has 1 heterocycles. The van der Waals surface area contributed by atoms with Gasteiger partial charge in [-0.3, -0.25) is 4.79 Å². The molecule has 52 heavy (non-hydrogen) atoms. The third-order valence-corrected chi connectivity index (χ3v) is 15.4. The lowest BCUT2D eigenvalue weighted by Crippen LogP contribution is -2.53. The van der Waals surface area contributed by atoms with Crippen molar-refractivity contribution in [1.82, 2.24) is 4.31 Å². The molecule has 3 aromatic rings. The van der Waals surface area contributed by atoms with Crippen LogP contribution in [-0.2, 0) is 23.0 Å². The first-order valence-electron chi connectivity index (χ1n) is 18.9. The zero-order chi connectivity index (χ0) is 37.1. The van der Waals surface area contributed by atoms with Crippen molar-refractivity contribution >= 4 is 27.1 Å². The largest absolute Gasteiger partial charge is 0.497 e. The zero-order valence-electron chi connectivity index (χ0n) is 31.1. The highest BCUT2D eigenvalue weighted by Gasteiger charge is 2.58. The summed E-state index contributed by atoms with van der Waals surface area (Å²) in [6.45, 7) is 4.08. The van der Waals surface area contributed by atoms with Crippen LogP contribution in [0.2, 0.25) is 0 Å². The maximum absolute atomic E-state index is 14.5. The van der Waals surface area contributed by atoms with Gasteiger partial charge in [0.1, 0.15) is 15.7 Å². The summed E-state index contributed by atoms with van der Waals surface area (Å²) in [6, 6.07) is 14.8. The number of methoxy groups -OCH3 is 2. The number of hydrogen-bond acceptors (Lipinski definition) is 8. The predicted octanol–water partition coefficient (Wildman–Crippen LogP) is 8.46. The molecule has 2 saturated carbocycles. The summed E-state index contributed by atoms with van der Waals surface area (Å²) in [6.07, 6.45) is 10.9. The van der Waals surface area contributed by atoms with Crippen LogP contribution in [0.3, 0.4) is 0 Å². The molecule has 0 spiro atoms. The maximum Gasteiger partial charge on any atom is 0.252 e. The fourth-order valence-electron chi connectivity index (χ4n) is 9.03. The molecule has 0 aliphatic heterocycles. The zero-order valence-corrected chi connectivity index (χ0v) is 32.7. The van der Waals surface area contributed by atoms with Crippen LogP contribution in [-0.4, -0.2) is 61.2 Å². The summed E-state index contributed by atoms with van der Waals surface area (Å²) in [5.41, 5.74) is 2.26. The molecule has 2 aromatic carbocycles. The number of sulfonamides is 1. The van der Waals surface area contributed by atoms with Gasteiger partial charge in [-0.25, -0.2) is 8.42 Å². The highest BCUT2D eigenvalue weighted by molar-refractivity contribution is 7.91.